The minimum atomic E-state index is -0.684. The standard InChI is InChI=1S/C11H10F2N4O/c1-6-10(17-14)15-5-16-11(6)18-9-4-7(12)2-3-8(9)13/h2-5H,14H2,1H3,(H,15,16,17). The third-order valence-electron chi connectivity index (χ3n) is 2.27. The van der Waals surface area contributed by atoms with Crippen LogP contribution in [0.4, 0.5) is 14.6 Å². The van der Waals surface area contributed by atoms with E-state index in [1.54, 1.807) is 6.92 Å². The maximum Gasteiger partial charge on any atom is 0.227 e. The lowest BCUT2D eigenvalue weighted by molar-refractivity contribution is 0.419. The van der Waals surface area contributed by atoms with Gasteiger partial charge in [-0.2, -0.15) is 0 Å². The van der Waals surface area contributed by atoms with Gasteiger partial charge in [-0.3, -0.25) is 0 Å². The van der Waals surface area contributed by atoms with E-state index in [1.165, 1.54) is 6.33 Å². The van der Waals surface area contributed by atoms with Gasteiger partial charge in [0.25, 0.3) is 0 Å². The predicted molar refractivity (Wildman–Crippen MR) is 61.0 cm³/mol. The molecule has 2 rings (SSSR count). The van der Waals surface area contributed by atoms with Gasteiger partial charge in [-0.05, 0) is 19.1 Å². The Labute approximate surface area is 102 Å². The number of hydrogen-bond donors (Lipinski definition) is 2. The van der Waals surface area contributed by atoms with Crippen LogP contribution < -0.4 is 16.0 Å². The average molecular weight is 252 g/mol. The minimum Gasteiger partial charge on any atom is -0.435 e. The van der Waals surface area contributed by atoms with Crippen LogP contribution in [0.25, 0.3) is 0 Å². The van der Waals surface area contributed by atoms with Crippen LogP contribution in [0.2, 0.25) is 0 Å². The second-order valence-corrected chi connectivity index (χ2v) is 3.47. The number of hydrazine groups is 1. The Bertz CT molecular complexity index is 577. The van der Waals surface area contributed by atoms with Crippen LogP contribution in [0.3, 0.4) is 0 Å². The molecule has 1 heterocycles. The van der Waals surface area contributed by atoms with E-state index in [-0.39, 0.29) is 11.6 Å². The van der Waals surface area contributed by atoms with Crippen LogP contribution in [0.5, 0.6) is 11.6 Å². The molecule has 5 nitrogen and oxygen atoms in total. The van der Waals surface area contributed by atoms with Crippen molar-refractivity contribution in [1.82, 2.24) is 9.97 Å². The van der Waals surface area contributed by atoms with Gasteiger partial charge in [-0.15, -0.1) is 0 Å². The Kier molecular flexibility index (Phi) is 3.33. The molecule has 0 radical (unpaired) electrons. The van der Waals surface area contributed by atoms with Gasteiger partial charge in [0, 0.05) is 6.07 Å². The number of ether oxygens (including phenoxy) is 1. The number of nitrogen functional groups attached to an aromatic ring is 1. The molecule has 0 bridgehead atoms. The van der Waals surface area contributed by atoms with E-state index in [0.717, 1.165) is 18.2 Å². The summed E-state index contributed by atoms with van der Waals surface area (Å²) in [6.07, 6.45) is 1.20. The summed E-state index contributed by atoms with van der Waals surface area (Å²) in [6.45, 7) is 1.64. The van der Waals surface area contributed by atoms with Crippen molar-refractivity contribution in [3.63, 3.8) is 0 Å². The minimum absolute atomic E-state index is 0.0995. The zero-order valence-electron chi connectivity index (χ0n) is 9.45. The molecule has 7 heteroatoms. The number of rotatable bonds is 3. The van der Waals surface area contributed by atoms with Crippen LogP contribution >= 0.6 is 0 Å². The third-order valence-corrected chi connectivity index (χ3v) is 2.27. The molecule has 0 unspecified atom stereocenters. The van der Waals surface area contributed by atoms with Crippen molar-refractivity contribution in [1.29, 1.82) is 0 Å². The first-order chi connectivity index (χ1) is 8.61. The lowest BCUT2D eigenvalue weighted by Crippen LogP contribution is -2.11. The molecule has 0 aliphatic carbocycles. The third kappa shape index (κ3) is 2.35. The van der Waals surface area contributed by atoms with Gasteiger partial charge >= 0.3 is 0 Å². The number of halogens is 2. The summed E-state index contributed by atoms with van der Waals surface area (Å²) in [7, 11) is 0. The Morgan fingerprint density at radius 3 is 2.78 bits per heavy atom. The molecule has 0 saturated heterocycles. The van der Waals surface area contributed by atoms with Crippen LogP contribution in [0.15, 0.2) is 24.5 Å². The van der Waals surface area contributed by atoms with Crippen LogP contribution in [-0.4, -0.2) is 9.97 Å². The van der Waals surface area contributed by atoms with Gasteiger partial charge in [-0.1, -0.05) is 0 Å². The molecule has 0 aliphatic heterocycles. The fourth-order valence-corrected chi connectivity index (χ4v) is 1.34. The summed E-state index contributed by atoms with van der Waals surface area (Å²) in [5.41, 5.74) is 2.84. The van der Waals surface area contributed by atoms with Gasteiger partial charge in [0.15, 0.2) is 11.6 Å². The Hall–Kier alpha value is -2.28. The molecule has 0 aliphatic rings. The van der Waals surface area contributed by atoms with Crippen LogP contribution in [0, 0.1) is 18.6 Å². The average Bonchev–Trinajstić information content (AvgIpc) is 2.36. The Morgan fingerprint density at radius 1 is 1.28 bits per heavy atom. The summed E-state index contributed by atoms with van der Waals surface area (Å²) in [4.78, 5) is 7.68. The number of aromatic nitrogens is 2. The second kappa shape index (κ2) is 4.92. The Morgan fingerprint density at radius 2 is 2.06 bits per heavy atom. The van der Waals surface area contributed by atoms with Crippen LogP contribution in [0.1, 0.15) is 5.56 Å². The van der Waals surface area contributed by atoms with Crippen LogP contribution in [-0.2, 0) is 0 Å². The normalized spacial score (nSPS) is 10.2. The highest BCUT2D eigenvalue weighted by Gasteiger charge is 2.11. The molecular weight excluding hydrogens is 242 g/mol. The first kappa shape index (κ1) is 12.2. The quantitative estimate of drug-likeness (QED) is 0.646. The molecule has 0 spiro atoms. The van der Waals surface area contributed by atoms with Gasteiger partial charge in [-0.25, -0.2) is 24.6 Å². The first-order valence-corrected chi connectivity index (χ1v) is 5.03. The van der Waals surface area contributed by atoms with Crippen molar-refractivity contribution in [2.24, 2.45) is 5.84 Å². The van der Waals surface area contributed by atoms with E-state index in [9.17, 15) is 8.78 Å². The second-order valence-electron chi connectivity index (χ2n) is 3.47. The summed E-state index contributed by atoms with van der Waals surface area (Å²) >= 11 is 0. The molecule has 3 N–H and O–H groups in total. The Balaban J connectivity index is 2.37. The van der Waals surface area contributed by atoms with Gasteiger partial charge in [0.2, 0.25) is 5.88 Å². The number of anilines is 1. The summed E-state index contributed by atoms with van der Waals surface area (Å²) in [5.74, 6) is 4.15. The fourth-order valence-electron chi connectivity index (χ4n) is 1.34. The molecule has 1 aromatic carbocycles. The number of benzene rings is 1. The molecule has 2 aromatic rings. The molecule has 0 saturated carbocycles. The van der Waals surface area contributed by atoms with E-state index in [0.29, 0.717) is 11.4 Å². The summed E-state index contributed by atoms with van der Waals surface area (Å²) < 4.78 is 31.6. The molecule has 0 atom stereocenters. The molecule has 1 aromatic heterocycles. The molecule has 0 fully saturated rings. The van der Waals surface area contributed by atoms with Crippen molar-refractivity contribution < 1.29 is 13.5 Å². The van der Waals surface area contributed by atoms with Crippen molar-refractivity contribution in [3.8, 4) is 11.6 Å². The van der Waals surface area contributed by atoms with Gasteiger partial charge < -0.3 is 10.2 Å². The zero-order chi connectivity index (χ0) is 13.1. The summed E-state index contributed by atoms with van der Waals surface area (Å²) in [6, 6.07) is 2.91. The highest BCUT2D eigenvalue weighted by molar-refractivity contribution is 5.47. The topological polar surface area (TPSA) is 73.1 Å². The molecule has 94 valence electrons. The lowest BCUT2D eigenvalue weighted by atomic mass is 10.3. The molecule has 18 heavy (non-hydrogen) atoms. The smallest absolute Gasteiger partial charge is 0.227 e. The molecular formula is C11H10F2N4O. The van der Waals surface area contributed by atoms with E-state index in [4.69, 9.17) is 10.6 Å². The molecule has 0 amide bonds. The number of nitrogens with one attached hydrogen (secondary N) is 1. The lowest BCUT2D eigenvalue weighted by Gasteiger charge is -2.10. The van der Waals surface area contributed by atoms with E-state index >= 15 is 0 Å². The maximum atomic E-state index is 13.4. The van der Waals surface area contributed by atoms with Gasteiger partial charge in [0.05, 0.1) is 5.56 Å². The number of nitrogens with zero attached hydrogens (tertiary/aromatic N) is 2. The highest BCUT2D eigenvalue weighted by atomic mass is 19.1. The number of hydrogen-bond acceptors (Lipinski definition) is 5. The largest absolute Gasteiger partial charge is 0.435 e. The fraction of sp³-hybridized carbons (Fsp3) is 0.0909. The van der Waals surface area contributed by atoms with Crippen molar-refractivity contribution in [3.05, 3.63) is 41.7 Å². The monoisotopic (exact) mass is 252 g/mol. The number of nitrogens with two attached hydrogens (primary N) is 1. The van der Waals surface area contributed by atoms with Gasteiger partial charge in [0.1, 0.15) is 18.0 Å². The maximum absolute atomic E-state index is 13.4. The van der Waals surface area contributed by atoms with E-state index in [1.807, 2.05) is 0 Å². The van der Waals surface area contributed by atoms with Crippen molar-refractivity contribution >= 4 is 5.82 Å². The zero-order valence-corrected chi connectivity index (χ0v) is 9.45. The SMILES string of the molecule is Cc1c(NN)ncnc1Oc1cc(F)ccc1F. The van der Waals surface area contributed by atoms with Crippen molar-refractivity contribution in [2.45, 2.75) is 6.92 Å². The highest BCUT2D eigenvalue weighted by Crippen LogP contribution is 2.27. The summed E-state index contributed by atoms with van der Waals surface area (Å²) in [5, 5.41) is 0. The van der Waals surface area contributed by atoms with E-state index in [2.05, 4.69) is 15.4 Å². The van der Waals surface area contributed by atoms with E-state index < -0.39 is 11.6 Å². The van der Waals surface area contributed by atoms with Crippen molar-refractivity contribution in [2.75, 3.05) is 5.43 Å². The predicted octanol–water partition coefficient (Wildman–Crippen LogP) is 2.14. The first-order valence-electron chi connectivity index (χ1n) is 5.03.